The Balaban J connectivity index is 1.93. The Labute approximate surface area is 178 Å². The molecule has 1 N–H and O–H groups in total. The van der Waals surface area contributed by atoms with Crippen molar-refractivity contribution < 1.29 is 19.0 Å². The predicted octanol–water partition coefficient (Wildman–Crippen LogP) is 5.71. The fraction of sp³-hybridized carbons (Fsp3) is 0.333. The average Bonchev–Trinajstić information content (AvgIpc) is 3.05. The van der Waals surface area contributed by atoms with Crippen LogP contribution < -0.4 is 19.5 Å². The van der Waals surface area contributed by atoms with Crippen LogP contribution >= 0.6 is 22.9 Å². The highest BCUT2D eigenvalue weighted by Crippen LogP contribution is 2.39. The second-order valence-corrected chi connectivity index (χ2v) is 7.58. The number of halogens is 1. The maximum absolute atomic E-state index is 12.9. The van der Waals surface area contributed by atoms with Crippen LogP contribution in [0.25, 0.3) is 10.2 Å². The van der Waals surface area contributed by atoms with Crippen LogP contribution in [0.15, 0.2) is 24.3 Å². The molecule has 0 saturated heterocycles. The van der Waals surface area contributed by atoms with Gasteiger partial charge in [0.2, 0.25) is 5.75 Å². The number of carbonyl (C=O) groups excluding carboxylic acids is 1. The Kier molecular flexibility index (Phi) is 6.82. The van der Waals surface area contributed by atoms with Gasteiger partial charge in [-0.3, -0.25) is 10.1 Å². The first-order valence-electron chi connectivity index (χ1n) is 9.41. The van der Waals surface area contributed by atoms with E-state index in [4.69, 9.17) is 25.8 Å². The van der Waals surface area contributed by atoms with Crippen molar-refractivity contribution in [2.45, 2.75) is 27.7 Å². The second kappa shape index (κ2) is 9.33. The summed E-state index contributed by atoms with van der Waals surface area (Å²) in [6.07, 6.45) is 0. The molecule has 29 heavy (non-hydrogen) atoms. The van der Waals surface area contributed by atoms with Crippen LogP contribution in [0.4, 0.5) is 5.13 Å². The average molecular weight is 435 g/mol. The van der Waals surface area contributed by atoms with Gasteiger partial charge in [0.1, 0.15) is 0 Å². The largest absolute Gasteiger partial charge is 0.490 e. The number of anilines is 1. The van der Waals surface area contributed by atoms with Gasteiger partial charge in [-0.05, 0) is 57.5 Å². The summed E-state index contributed by atoms with van der Waals surface area (Å²) in [6.45, 7) is 8.90. The lowest BCUT2D eigenvalue weighted by Crippen LogP contribution is -2.13. The van der Waals surface area contributed by atoms with E-state index in [1.165, 1.54) is 11.3 Å². The Bertz CT molecular complexity index is 969. The maximum atomic E-state index is 12.9. The number of hydrogen-bond acceptors (Lipinski definition) is 6. The van der Waals surface area contributed by atoms with Crippen molar-refractivity contribution in [1.29, 1.82) is 0 Å². The van der Waals surface area contributed by atoms with E-state index in [9.17, 15) is 4.79 Å². The van der Waals surface area contributed by atoms with Gasteiger partial charge in [-0.1, -0.05) is 22.9 Å². The Morgan fingerprint density at radius 2 is 1.66 bits per heavy atom. The number of amides is 1. The van der Waals surface area contributed by atoms with Crippen LogP contribution in [0.1, 0.15) is 36.7 Å². The molecule has 0 atom stereocenters. The van der Waals surface area contributed by atoms with Crippen LogP contribution in [0.3, 0.4) is 0 Å². The van der Waals surface area contributed by atoms with Gasteiger partial charge in [0, 0.05) is 10.6 Å². The van der Waals surface area contributed by atoms with Crippen LogP contribution in [0.5, 0.6) is 17.2 Å². The molecule has 8 heteroatoms. The Morgan fingerprint density at radius 3 is 2.24 bits per heavy atom. The number of fused-ring (bicyclic) bond motifs is 1. The fourth-order valence-corrected chi connectivity index (χ4v) is 3.89. The number of rotatable bonds is 8. The number of hydrogen-bond donors (Lipinski definition) is 1. The molecule has 1 aromatic heterocycles. The highest BCUT2D eigenvalue weighted by Gasteiger charge is 2.19. The molecule has 3 rings (SSSR count). The van der Waals surface area contributed by atoms with Gasteiger partial charge in [0.15, 0.2) is 16.6 Å². The van der Waals surface area contributed by atoms with Crippen molar-refractivity contribution in [2.24, 2.45) is 0 Å². The summed E-state index contributed by atoms with van der Waals surface area (Å²) in [5.41, 5.74) is 2.11. The number of nitrogens with zero attached hydrogens (tertiary/aromatic N) is 1. The molecule has 3 aromatic rings. The molecule has 1 amide bonds. The lowest BCUT2D eigenvalue weighted by Gasteiger charge is -2.16. The number of aromatic nitrogens is 1. The third kappa shape index (κ3) is 4.74. The number of aryl methyl sites for hydroxylation is 1. The molecule has 0 saturated carbocycles. The summed E-state index contributed by atoms with van der Waals surface area (Å²) in [4.78, 5) is 17.3. The number of thiazole rings is 1. The number of benzene rings is 2. The van der Waals surface area contributed by atoms with Crippen molar-refractivity contribution in [3.05, 3.63) is 40.4 Å². The van der Waals surface area contributed by atoms with Crippen LogP contribution in [-0.4, -0.2) is 30.7 Å². The fourth-order valence-electron chi connectivity index (χ4n) is 2.79. The minimum atomic E-state index is -0.308. The first-order valence-corrected chi connectivity index (χ1v) is 10.6. The van der Waals surface area contributed by atoms with Gasteiger partial charge in [0.05, 0.1) is 30.0 Å². The van der Waals surface area contributed by atoms with Crippen molar-refractivity contribution in [2.75, 3.05) is 25.1 Å². The predicted molar refractivity (Wildman–Crippen MR) is 117 cm³/mol. The van der Waals surface area contributed by atoms with Gasteiger partial charge < -0.3 is 14.2 Å². The quantitative estimate of drug-likeness (QED) is 0.492. The maximum Gasteiger partial charge on any atom is 0.257 e. The Morgan fingerprint density at radius 1 is 1.03 bits per heavy atom. The highest BCUT2D eigenvalue weighted by molar-refractivity contribution is 7.22. The molecule has 0 fully saturated rings. The normalized spacial score (nSPS) is 10.8. The van der Waals surface area contributed by atoms with Crippen LogP contribution in [-0.2, 0) is 0 Å². The molecule has 154 valence electrons. The van der Waals surface area contributed by atoms with E-state index >= 15 is 0 Å². The van der Waals surface area contributed by atoms with E-state index in [-0.39, 0.29) is 5.91 Å². The monoisotopic (exact) mass is 434 g/mol. The molecule has 0 spiro atoms. The van der Waals surface area contributed by atoms with Gasteiger partial charge in [0.25, 0.3) is 5.91 Å². The van der Waals surface area contributed by atoms with E-state index < -0.39 is 0 Å². The first-order chi connectivity index (χ1) is 14.0. The third-order valence-electron chi connectivity index (χ3n) is 4.06. The molecule has 0 aliphatic rings. The summed E-state index contributed by atoms with van der Waals surface area (Å²) < 4.78 is 18.0. The van der Waals surface area contributed by atoms with E-state index in [1.54, 1.807) is 18.2 Å². The molecule has 0 aliphatic carbocycles. The molecular formula is C21H23ClN2O4S. The van der Waals surface area contributed by atoms with E-state index in [1.807, 2.05) is 33.8 Å². The van der Waals surface area contributed by atoms with Crippen molar-refractivity contribution in [3.8, 4) is 17.2 Å². The van der Waals surface area contributed by atoms with Crippen LogP contribution in [0, 0.1) is 6.92 Å². The summed E-state index contributed by atoms with van der Waals surface area (Å²) >= 11 is 7.57. The minimum Gasteiger partial charge on any atom is -0.490 e. The molecule has 0 radical (unpaired) electrons. The smallest absolute Gasteiger partial charge is 0.257 e. The summed E-state index contributed by atoms with van der Waals surface area (Å²) in [5.74, 6) is 1.13. The molecule has 6 nitrogen and oxygen atoms in total. The zero-order chi connectivity index (χ0) is 21.0. The van der Waals surface area contributed by atoms with Crippen LogP contribution in [0.2, 0.25) is 5.02 Å². The minimum absolute atomic E-state index is 0.308. The molecule has 0 aliphatic heterocycles. The topological polar surface area (TPSA) is 69.7 Å². The lowest BCUT2D eigenvalue weighted by atomic mass is 10.1. The molecule has 0 bridgehead atoms. The number of carbonyl (C=O) groups is 1. The zero-order valence-corrected chi connectivity index (χ0v) is 18.4. The zero-order valence-electron chi connectivity index (χ0n) is 16.8. The molecule has 2 aromatic carbocycles. The molecule has 0 unspecified atom stereocenters. The SMILES string of the molecule is CCOc1cc(C(=O)Nc2nc3cc(Cl)c(C)cc3s2)cc(OCC)c1OCC. The van der Waals surface area contributed by atoms with Gasteiger partial charge in [-0.15, -0.1) is 0 Å². The van der Waals surface area contributed by atoms with E-state index in [0.29, 0.717) is 52.8 Å². The second-order valence-electron chi connectivity index (χ2n) is 6.14. The number of nitrogens with one attached hydrogen (secondary N) is 1. The first kappa shape index (κ1) is 21.2. The van der Waals surface area contributed by atoms with Crippen molar-refractivity contribution >= 4 is 44.2 Å². The summed E-state index contributed by atoms with van der Waals surface area (Å²) in [7, 11) is 0. The van der Waals surface area contributed by atoms with Gasteiger partial charge in [-0.2, -0.15) is 0 Å². The van der Waals surface area contributed by atoms with Crippen molar-refractivity contribution in [1.82, 2.24) is 4.98 Å². The van der Waals surface area contributed by atoms with E-state index in [0.717, 1.165) is 15.8 Å². The third-order valence-corrected chi connectivity index (χ3v) is 5.40. The Hall–Kier alpha value is -2.51. The van der Waals surface area contributed by atoms with E-state index in [2.05, 4.69) is 10.3 Å². The summed E-state index contributed by atoms with van der Waals surface area (Å²) in [6, 6.07) is 7.07. The van der Waals surface area contributed by atoms with Gasteiger partial charge in [-0.25, -0.2) is 4.98 Å². The molecular weight excluding hydrogens is 412 g/mol. The highest BCUT2D eigenvalue weighted by atomic mass is 35.5. The summed E-state index contributed by atoms with van der Waals surface area (Å²) in [5, 5.41) is 3.99. The standard InChI is InChI=1S/C21H23ClN2O4S/c1-5-26-16-9-13(10-17(27-6-2)19(16)28-7-3)20(25)24-21-23-15-11-14(22)12(4)8-18(15)29-21/h8-11H,5-7H2,1-4H3,(H,23,24,25). The lowest BCUT2D eigenvalue weighted by molar-refractivity contribution is 0.102. The van der Waals surface area contributed by atoms with Gasteiger partial charge >= 0.3 is 0 Å². The molecule has 1 heterocycles. The van der Waals surface area contributed by atoms with Crippen molar-refractivity contribution in [3.63, 3.8) is 0 Å². The number of ether oxygens (including phenoxy) is 3.